The van der Waals surface area contributed by atoms with Gasteiger partial charge in [0, 0.05) is 18.7 Å². The topological polar surface area (TPSA) is 81.4 Å². The van der Waals surface area contributed by atoms with Crippen molar-refractivity contribution in [3.63, 3.8) is 0 Å². The number of benzene rings is 1. The van der Waals surface area contributed by atoms with Gasteiger partial charge in [0.2, 0.25) is 10.0 Å². The molecule has 7 heteroatoms. The fourth-order valence-electron chi connectivity index (χ4n) is 1.43. The van der Waals surface area contributed by atoms with E-state index in [1.165, 1.54) is 12.1 Å². The molecule has 0 bridgehead atoms. The Bertz CT molecular complexity index is 518. The Morgan fingerprint density at radius 3 is 2.68 bits per heavy atom. The third-order valence-electron chi connectivity index (χ3n) is 2.39. The zero-order valence-electron chi connectivity index (χ0n) is 11.0. The maximum atomic E-state index is 13.2. The molecule has 19 heavy (non-hydrogen) atoms. The number of ether oxygens (including phenoxy) is 1. The van der Waals surface area contributed by atoms with Crippen molar-refractivity contribution in [1.29, 1.82) is 0 Å². The summed E-state index contributed by atoms with van der Waals surface area (Å²) in [6, 6.07) is 3.54. The van der Waals surface area contributed by atoms with Crippen molar-refractivity contribution in [2.24, 2.45) is 5.73 Å². The monoisotopic (exact) mass is 290 g/mol. The second-order valence-electron chi connectivity index (χ2n) is 4.27. The second-order valence-corrected chi connectivity index (χ2v) is 6.04. The molecule has 0 aliphatic carbocycles. The second kappa shape index (κ2) is 6.95. The van der Waals surface area contributed by atoms with Crippen LogP contribution in [0.1, 0.15) is 19.4 Å². The lowest BCUT2D eigenvalue weighted by molar-refractivity contribution is 0.0834. The van der Waals surface area contributed by atoms with E-state index in [2.05, 4.69) is 4.72 Å². The normalized spacial score (nSPS) is 12.1. The number of sulfonamides is 1. The van der Waals surface area contributed by atoms with Crippen LogP contribution in [0.2, 0.25) is 0 Å². The molecule has 0 aliphatic rings. The third-order valence-corrected chi connectivity index (χ3v) is 3.85. The van der Waals surface area contributed by atoms with E-state index in [0.717, 1.165) is 6.07 Å². The standard InChI is InChI=1S/C12H19FN2O3S/c1-9(2)18-6-5-15-19(16,17)11-3-4-12(13)10(7-11)8-14/h3-4,7,9,15H,5-6,8,14H2,1-2H3. The lowest BCUT2D eigenvalue weighted by atomic mass is 10.2. The van der Waals surface area contributed by atoms with E-state index in [1.54, 1.807) is 0 Å². The summed E-state index contributed by atoms with van der Waals surface area (Å²) in [5, 5.41) is 0. The first-order valence-electron chi connectivity index (χ1n) is 5.96. The van der Waals surface area contributed by atoms with Gasteiger partial charge in [0.15, 0.2) is 0 Å². The van der Waals surface area contributed by atoms with Gasteiger partial charge in [-0.3, -0.25) is 0 Å². The molecule has 0 fully saturated rings. The molecule has 5 nitrogen and oxygen atoms in total. The van der Waals surface area contributed by atoms with E-state index < -0.39 is 15.8 Å². The van der Waals surface area contributed by atoms with Crippen LogP contribution in [0.3, 0.4) is 0 Å². The van der Waals surface area contributed by atoms with E-state index in [0.29, 0.717) is 0 Å². The zero-order valence-corrected chi connectivity index (χ0v) is 11.8. The van der Waals surface area contributed by atoms with Crippen LogP contribution in [-0.4, -0.2) is 27.7 Å². The number of rotatable bonds is 7. The van der Waals surface area contributed by atoms with Gasteiger partial charge in [-0.1, -0.05) is 0 Å². The highest BCUT2D eigenvalue weighted by Crippen LogP contribution is 2.14. The molecule has 0 saturated carbocycles. The van der Waals surface area contributed by atoms with Crippen LogP contribution in [0.4, 0.5) is 4.39 Å². The first-order valence-corrected chi connectivity index (χ1v) is 7.45. The molecule has 0 heterocycles. The number of halogens is 1. The summed E-state index contributed by atoms with van der Waals surface area (Å²) in [7, 11) is -3.66. The molecular formula is C12H19FN2O3S. The van der Waals surface area contributed by atoms with Gasteiger partial charge < -0.3 is 10.5 Å². The molecule has 0 saturated heterocycles. The molecule has 0 aromatic heterocycles. The first-order chi connectivity index (χ1) is 8.86. The van der Waals surface area contributed by atoms with Crippen LogP contribution in [0.25, 0.3) is 0 Å². The lowest BCUT2D eigenvalue weighted by Gasteiger charge is -2.10. The Labute approximate surface area is 113 Å². The molecule has 0 atom stereocenters. The summed E-state index contributed by atoms with van der Waals surface area (Å²) in [5.74, 6) is -0.510. The van der Waals surface area contributed by atoms with E-state index in [4.69, 9.17) is 10.5 Å². The van der Waals surface area contributed by atoms with Crippen LogP contribution < -0.4 is 10.5 Å². The predicted molar refractivity (Wildman–Crippen MR) is 70.6 cm³/mol. The smallest absolute Gasteiger partial charge is 0.240 e. The highest BCUT2D eigenvalue weighted by atomic mass is 32.2. The molecule has 3 N–H and O–H groups in total. The van der Waals surface area contributed by atoms with Gasteiger partial charge >= 0.3 is 0 Å². The number of nitrogens with one attached hydrogen (secondary N) is 1. The van der Waals surface area contributed by atoms with Crippen LogP contribution >= 0.6 is 0 Å². The average molecular weight is 290 g/mol. The van der Waals surface area contributed by atoms with Crippen LogP contribution in [0.15, 0.2) is 23.1 Å². The van der Waals surface area contributed by atoms with Crippen LogP contribution in [0.5, 0.6) is 0 Å². The molecule has 1 aromatic rings. The van der Waals surface area contributed by atoms with E-state index >= 15 is 0 Å². The van der Waals surface area contributed by atoms with Gasteiger partial charge in [-0.2, -0.15) is 0 Å². The Morgan fingerprint density at radius 2 is 2.11 bits per heavy atom. The highest BCUT2D eigenvalue weighted by Gasteiger charge is 2.15. The fourth-order valence-corrected chi connectivity index (χ4v) is 2.49. The maximum Gasteiger partial charge on any atom is 0.240 e. The van der Waals surface area contributed by atoms with Crippen molar-refractivity contribution in [3.05, 3.63) is 29.6 Å². The van der Waals surface area contributed by atoms with Gasteiger partial charge in [0.05, 0.1) is 17.6 Å². The molecule has 108 valence electrons. The van der Waals surface area contributed by atoms with E-state index in [-0.39, 0.29) is 36.3 Å². The van der Waals surface area contributed by atoms with Crippen molar-refractivity contribution in [2.75, 3.05) is 13.2 Å². The van der Waals surface area contributed by atoms with Crippen molar-refractivity contribution in [2.45, 2.75) is 31.4 Å². The molecule has 1 rings (SSSR count). The summed E-state index contributed by atoms with van der Waals surface area (Å²) in [5.41, 5.74) is 5.51. The Morgan fingerprint density at radius 1 is 1.42 bits per heavy atom. The van der Waals surface area contributed by atoms with Gasteiger partial charge in [0.25, 0.3) is 0 Å². The minimum absolute atomic E-state index is 0.00102. The third kappa shape index (κ3) is 4.87. The highest BCUT2D eigenvalue weighted by molar-refractivity contribution is 7.89. The van der Waals surface area contributed by atoms with Gasteiger partial charge in [-0.05, 0) is 32.0 Å². The minimum atomic E-state index is -3.66. The van der Waals surface area contributed by atoms with Crippen molar-refractivity contribution in [1.82, 2.24) is 4.72 Å². The predicted octanol–water partition coefficient (Wildman–Crippen LogP) is 0.988. The SMILES string of the molecule is CC(C)OCCNS(=O)(=O)c1ccc(F)c(CN)c1. The minimum Gasteiger partial charge on any atom is -0.377 e. The molecule has 0 amide bonds. The summed E-state index contributed by atoms with van der Waals surface area (Å²) < 4.78 is 44.7. The summed E-state index contributed by atoms with van der Waals surface area (Å²) in [4.78, 5) is -0.00102. The Hall–Kier alpha value is -1.02. The molecular weight excluding hydrogens is 271 g/mol. The van der Waals surface area contributed by atoms with Crippen molar-refractivity contribution < 1.29 is 17.5 Å². The molecule has 0 aliphatic heterocycles. The van der Waals surface area contributed by atoms with Gasteiger partial charge in [0.1, 0.15) is 5.82 Å². The summed E-state index contributed by atoms with van der Waals surface area (Å²) >= 11 is 0. The van der Waals surface area contributed by atoms with Gasteiger partial charge in [-0.15, -0.1) is 0 Å². The Balaban J connectivity index is 2.72. The summed E-state index contributed by atoms with van der Waals surface area (Å²) in [6.07, 6.45) is 0.0409. The lowest BCUT2D eigenvalue weighted by Crippen LogP contribution is -2.28. The molecule has 1 aromatic carbocycles. The largest absolute Gasteiger partial charge is 0.377 e. The average Bonchev–Trinajstić information content (AvgIpc) is 2.35. The molecule has 0 unspecified atom stereocenters. The Kier molecular flexibility index (Phi) is 5.86. The maximum absolute atomic E-state index is 13.2. The number of hydrogen-bond donors (Lipinski definition) is 2. The van der Waals surface area contributed by atoms with E-state index in [9.17, 15) is 12.8 Å². The fraction of sp³-hybridized carbons (Fsp3) is 0.500. The first kappa shape index (κ1) is 16.0. The van der Waals surface area contributed by atoms with Crippen LogP contribution in [0, 0.1) is 5.82 Å². The summed E-state index contributed by atoms with van der Waals surface area (Å²) in [6.45, 7) is 4.12. The zero-order chi connectivity index (χ0) is 14.5. The van der Waals surface area contributed by atoms with Crippen molar-refractivity contribution in [3.8, 4) is 0 Å². The molecule has 0 spiro atoms. The van der Waals surface area contributed by atoms with Crippen molar-refractivity contribution >= 4 is 10.0 Å². The number of nitrogens with two attached hydrogens (primary N) is 1. The van der Waals surface area contributed by atoms with Gasteiger partial charge in [-0.25, -0.2) is 17.5 Å². The number of hydrogen-bond acceptors (Lipinski definition) is 4. The van der Waals surface area contributed by atoms with E-state index in [1.807, 2.05) is 13.8 Å². The van der Waals surface area contributed by atoms with Crippen LogP contribution in [-0.2, 0) is 21.3 Å². The quantitative estimate of drug-likeness (QED) is 0.734. The molecule has 0 radical (unpaired) electrons.